The molecule has 1 atom stereocenters. The summed E-state index contributed by atoms with van der Waals surface area (Å²) in [5.74, 6) is -1.90. The SMILES string of the molecule is CCOc1cc(/C(O)=C2\C(=O)C(=O)N(c3ccc(S(N)(=O)=O)cc3)C2c2ccncc2)ccc1Cl. The number of anilines is 1. The minimum atomic E-state index is -3.96. The van der Waals surface area contributed by atoms with Gasteiger partial charge in [-0.25, -0.2) is 13.6 Å². The van der Waals surface area contributed by atoms with E-state index in [1.54, 1.807) is 19.1 Å². The van der Waals surface area contributed by atoms with Crippen molar-refractivity contribution in [3.63, 3.8) is 0 Å². The maximum atomic E-state index is 13.2. The average Bonchev–Trinajstić information content (AvgIpc) is 3.10. The Labute approximate surface area is 206 Å². The second kappa shape index (κ2) is 9.49. The summed E-state index contributed by atoms with van der Waals surface area (Å²) in [5.41, 5.74) is 0.836. The van der Waals surface area contributed by atoms with Crippen LogP contribution in [0, 0.1) is 0 Å². The molecule has 0 aliphatic carbocycles. The van der Waals surface area contributed by atoms with Crippen LogP contribution in [-0.4, -0.2) is 36.8 Å². The Kier molecular flexibility index (Phi) is 6.62. The number of primary sulfonamides is 1. The molecule has 1 aliphatic rings. The molecule has 0 bridgehead atoms. The number of carbonyl (C=O) groups excluding carboxylic acids is 2. The van der Waals surface area contributed by atoms with Crippen molar-refractivity contribution in [2.75, 3.05) is 11.5 Å². The van der Waals surface area contributed by atoms with E-state index in [-0.39, 0.29) is 21.7 Å². The Morgan fingerprint density at radius 3 is 2.37 bits per heavy atom. The van der Waals surface area contributed by atoms with Gasteiger partial charge in [0, 0.05) is 23.6 Å². The number of benzene rings is 2. The van der Waals surface area contributed by atoms with Crippen molar-refractivity contribution in [1.29, 1.82) is 0 Å². The van der Waals surface area contributed by atoms with Crippen LogP contribution in [0.2, 0.25) is 5.02 Å². The molecular formula is C24H20ClN3O6S. The number of pyridine rings is 1. The summed E-state index contributed by atoms with van der Waals surface area (Å²) in [7, 11) is -3.96. The van der Waals surface area contributed by atoms with Crippen LogP contribution in [0.4, 0.5) is 5.69 Å². The van der Waals surface area contributed by atoms with Gasteiger partial charge in [0.2, 0.25) is 10.0 Å². The van der Waals surface area contributed by atoms with Crippen LogP contribution in [-0.2, 0) is 19.6 Å². The first kappa shape index (κ1) is 24.4. The Hall–Kier alpha value is -3.73. The Morgan fingerprint density at radius 2 is 1.77 bits per heavy atom. The molecule has 9 nitrogen and oxygen atoms in total. The highest BCUT2D eigenvalue weighted by atomic mass is 35.5. The van der Waals surface area contributed by atoms with E-state index >= 15 is 0 Å². The number of Topliss-reactive ketones (excluding diaryl/α,β-unsaturated/α-hetero) is 1. The number of rotatable bonds is 6. The number of aliphatic hydroxyl groups excluding tert-OH is 1. The number of halogens is 1. The van der Waals surface area contributed by atoms with Gasteiger partial charge in [-0.05, 0) is 67.1 Å². The van der Waals surface area contributed by atoms with Gasteiger partial charge in [-0.3, -0.25) is 19.5 Å². The molecule has 0 spiro atoms. The topological polar surface area (TPSA) is 140 Å². The van der Waals surface area contributed by atoms with Crippen molar-refractivity contribution in [2.45, 2.75) is 17.9 Å². The molecule has 180 valence electrons. The Bertz CT molecular complexity index is 1440. The first-order valence-corrected chi connectivity index (χ1v) is 12.3. The lowest BCUT2D eigenvalue weighted by molar-refractivity contribution is -0.132. The molecule has 0 saturated carbocycles. The van der Waals surface area contributed by atoms with Crippen molar-refractivity contribution in [2.24, 2.45) is 5.14 Å². The van der Waals surface area contributed by atoms with Gasteiger partial charge >= 0.3 is 0 Å². The molecule has 1 aliphatic heterocycles. The molecule has 2 aromatic carbocycles. The van der Waals surface area contributed by atoms with Gasteiger partial charge in [0.05, 0.1) is 28.1 Å². The summed E-state index contributed by atoms with van der Waals surface area (Å²) in [4.78, 5) is 31.4. The van der Waals surface area contributed by atoms with E-state index in [2.05, 4.69) is 4.98 Å². The molecule has 35 heavy (non-hydrogen) atoms. The van der Waals surface area contributed by atoms with Crippen LogP contribution in [0.5, 0.6) is 5.75 Å². The van der Waals surface area contributed by atoms with Gasteiger partial charge in [0.1, 0.15) is 11.5 Å². The highest BCUT2D eigenvalue weighted by Gasteiger charge is 2.47. The van der Waals surface area contributed by atoms with E-state index in [0.717, 1.165) is 0 Å². The minimum Gasteiger partial charge on any atom is -0.507 e. The van der Waals surface area contributed by atoms with Crippen molar-refractivity contribution in [3.05, 3.63) is 88.7 Å². The first-order chi connectivity index (χ1) is 16.6. The standard InChI is InChI=1S/C24H20ClN3O6S/c1-2-34-19-13-15(3-8-18(19)25)22(29)20-21(14-9-11-27-12-10-14)28(24(31)23(20)30)16-4-6-17(7-5-16)35(26,32)33/h3-13,21,29H,2H2,1H3,(H2,26,32,33)/b22-20+. The van der Waals surface area contributed by atoms with Crippen LogP contribution < -0.4 is 14.8 Å². The van der Waals surface area contributed by atoms with Crippen molar-refractivity contribution in [3.8, 4) is 5.75 Å². The zero-order valence-corrected chi connectivity index (χ0v) is 20.0. The lowest BCUT2D eigenvalue weighted by Crippen LogP contribution is -2.29. The summed E-state index contributed by atoms with van der Waals surface area (Å²) in [6.45, 7) is 2.11. The van der Waals surface area contributed by atoms with E-state index in [1.165, 1.54) is 59.8 Å². The number of hydrogen-bond donors (Lipinski definition) is 2. The molecule has 1 fully saturated rings. The maximum absolute atomic E-state index is 13.2. The molecule has 1 unspecified atom stereocenters. The second-order valence-corrected chi connectivity index (χ2v) is 9.54. The van der Waals surface area contributed by atoms with Gasteiger partial charge in [-0.1, -0.05) is 11.6 Å². The quantitative estimate of drug-likeness (QED) is 0.292. The summed E-state index contributed by atoms with van der Waals surface area (Å²) < 4.78 is 28.8. The molecule has 0 radical (unpaired) electrons. The molecule has 1 amide bonds. The van der Waals surface area contributed by atoms with E-state index in [9.17, 15) is 23.1 Å². The molecular weight excluding hydrogens is 494 g/mol. The predicted molar refractivity (Wildman–Crippen MR) is 129 cm³/mol. The number of aliphatic hydroxyl groups is 1. The van der Waals surface area contributed by atoms with Crippen LogP contribution in [0.1, 0.15) is 24.1 Å². The van der Waals surface area contributed by atoms with Crippen molar-refractivity contribution >= 4 is 44.8 Å². The number of nitrogens with zero attached hydrogens (tertiary/aromatic N) is 2. The molecule has 1 saturated heterocycles. The summed E-state index contributed by atoms with van der Waals surface area (Å²) in [6, 6.07) is 11.9. The monoisotopic (exact) mass is 513 g/mol. The maximum Gasteiger partial charge on any atom is 0.300 e. The fourth-order valence-electron chi connectivity index (χ4n) is 3.83. The molecule has 4 rings (SSSR count). The van der Waals surface area contributed by atoms with Crippen LogP contribution in [0.15, 0.2) is 77.5 Å². The number of ether oxygens (including phenoxy) is 1. The van der Waals surface area contributed by atoms with Gasteiger partial charge in [-0.2, -0.15) is 0 Å². The summed E-state index contributed by atoms with van der Waals surface area (Å²) in [6.07, 6.45) is 2.99. The largest absolute Gasteiger partial charge is 0.507 e. The number of hydrogen-bond acceptors (Lipinski definition) is 7. The van der Waals surface area contributed by atoms with E-state index < -0.39 is 33.5 Å². The van der Waals surface area contributed by atoms with Crippen LogP contribution >= 0.6 is 11.6 Å². The number of ketones is 1. The third-order valence-corrected chi connectivity index (χ3v) is 6.66. The molecule has 3 aromatic rings. The Morgan fingerprint density at radius 1 is 1.11 bits per heavy atom. The normalized spacial score (nSPS) is 17.6. The Balaban J connectivity index is 1.90. The van der Waals surface area contributed by atoms with Gasteiger partial charge < -0.3 is 9.84 Å². The number of carbonyl (C=O) groups is 2. The highest BCUT2D eigenvalue weighted by Crippen LogP contribution is 2.42. The van der Waals surface area contributed by atoms with Gasteiger partial charge in [0.15, 0.2) is 0 Å². The second-order valence-electron chi connectivity index (χ2n) is 7.57. The van der Waals surface area contributed by atoms with E-state index in [1.807, 2.05) is 0 Å². The smallest absolute Gasteiger partial charge is 0.300 e. The molecule has 11 heteroatoms. The van der Waals surface area contributed by atoms with E-state index in [4.69, 9.17) is 21.5 Å². The van der Waals surface area contributed by atoms with Gasteiger partial charge in [0.25, 0.3) is 11.7 Å². The van der Waals surface area contributed by atoms with E-state index in [0.29, 0.717) is 22.9 Å². The van der Waals surface area contributed by atoms with Crippen molar-refractivity contribution in [1.82, 2.24) is 4.98 Å². The third kappa shape index (κ3) is 4.63. The van der Waals surface area contributed by atoms with Crippen molar-refractivity contribution < 1.29 is 27.9 Å². The third-order valence-electron chi connectivity index (χ3n) is 5.41. The molecule has 2 heterocycles. The minimum absolute atomic E-state index is 0.150. The molecule has 1 aromatic heterocycles. The fourth-order valence-corrected chi connectivity index (χ4v) is 4.52. The number of nitrogens with two attached hydrogens (primary N) is 1. The summed E-state index contributed by atoms with van der Waals surface area (Å²) in [5, 5.41) is 16.7. The highest BCUT2D eigenvalue weighted by molar-refractivity contribution is 7.89. The van der Waals surface area contributed by atoms with Gasteiger partial charge in [-0.15, -0.1) is 0 Å². The summed E-state index contributed by atoms with van der Waals surface area (Å²) >= 11 is 6.15. The zero-order chi connectivity index (χ0) is 25.3. The number of aromatic nitrogens is 1. The van der Waals surface area contributed by atoms with Crippen LogP contribution in [0.3, 0.4) is 0 Å². The average molecular weight is 514 g/mol. The number of sulfonamides is 1. The zero-order valence-electron chi connectivity index (χ0n) is 18.4. The first-order valence-electron chi connectivity index (χ1n) is 10.4. The molecule has 3 N–H and O–H groups in total. The lowest BCUT2D eigenvalue weighted by Gasteiger charge is -2.25. The lowest BCUT2D eigenvalue weighted by atomic mass is 9.95. The predicted octanol–water partition coefficient (Wildman–Crippen LogP) is 3.41. The van der Waals surface area contributed by atoms with Crippen LogP contribution in [0.25, 0.3) is 5.76 Å². The fraction of sp³-hybridized carbons (Fsp3) is 0.125. The number of amides is 1.